The van der Waals surface area contributed by atoms with Crippen LogP contribution < -0.4 is 5.73 Å². The highest BCUT2D eigenvalue weighted by Crippen LogP contribution is 2.46. The molecule has 3 rings (SSSR count). The molecule has 0 aliphatic heterocycles. The van der Waals surface area contributed by atoms with E-state index >= 15 is 0 Å². The van der Waals surface area contributed by atoms with Gasteiger partial charge in [-0.15, -0.1) is 0 Å². The summed E-state index contributed by atoms with van der Waals surface area (Å²) < 4.78 is 0. The number of benzene rings is 3. The van der Waals surface area contributed by atoms with Crippen molar-refractivity contribution in [1.82, 2.24) is 0 Å². The minimum atomic E-state index is -1.20. The summed E-state index contributed by atoms with van der Waals surface area (Å²) in [6, 6.07) is 26.7. The summed E-state index contributed by atoms with van der Waals surface area (Å²) in [6.45, 7) is 0. The van der Waals surface area contributed by atoms with Gasteiger partial charge in [0, 0.05) is 6.04 Å². The second-order valence-electron chi connectivity index (χ2n) is 6.98. The smallest absolute Gasteiger partial charge is 0.309 e. The number of carboxylic acids is 2. The van der Waals surface area contributed by atoms with Crippen LogP contribution in [0.2, 0.25) is 0 Å². The molecule has 0 saturated carbocycles. The van der Waals surface area contributed by atoms with Crippen molar-refractivity contribution in [3.63, 3.8) is 0 Å². The molecular weight excluding hydrogens is 366 g/mol. The lowest BCUT2D eigenvalue weighted by Crippen LogP contribution is -2.52. The van der Waals surface area contributed by atoms with Crippen molar-refractivity contribution in [3.8, 4) is 0 Å². The van der Waals surface area contributed by atoms with Gasteiger partial charge in [-0.3, -0.25) is 9.59 Å². The van der Waals surface area contributed by atoms with E-state index in [-0.39, 0.29) is 0 Å². The summed E-state index contributed by atoms with van der Waals surface area (Å²) >= 11 is 0. The Labute approximate surface area is 169 Å². The molecule has 0 amide bonds. The molecule has 1 unspecified atom stereocenters. The first kappa shape index (κ1) is 20.3. The van der Waals surface area contributed by atoms with Crippen LogP contribution in [-0.4, -0.2) is 28.2 Å². The summed E-state index contributed by atoms with van der Waals surface area (Å²) in [7, 11) is 0. The zero-order valence-electron chi connectivity index (χ0n) is 15.8. The van der Waals surface area contributed by atoms with Gasteiger partial charge >= 0.3 is 11.9 Å². The highest BCUT2D eigenvalue weighted by Gasteiger charge is 2.50. The number of hydrogen-bond acceptors (Lipinski definition) is 3. The summed E-state index contributed by atoms with van der Waals surface area (Å²) in [5, 5.41) is 19.6. The topological polar surface area (TPSA) is 101 Å². The third kappa shape index (κ3) is 3.91. The van der Waals surface area contributed by atoms with Gasteiger partial charge in [-0.2, -0.15) is 0 Å². The van der Waals surface area contributed by atoms with E-state index in [1.54, 1.807) is 0 Å². The Bertz CT molecular complexity index is 861. The van der Waals surface area contributed by atoms with Crippen molar-refractivity contribution in [1.29, 1.82) is 0 Å². The van der Waals surface area contributed by atoms with E-state index in [9.17, 15) is 19.8 Å². The van der Waals surface area contributed by atoms with Gasteiger partial charge in [-0.05, 0) is 16.7 Å². The fourth-order valence-corrected chi connectivity index (χ4v) is 4.15. The average molecular weight is 389 g/mol. The molecule has 0 saturated heterocycles. The van der Waals surface area contributed by atoms with E-state index in [1.807, 2.05) is 91.0 Å². The minimum absolute atomic E-state index is 0.453. The lowest BCUT2D eigenvalue weighted by atomic mass is 9.59. The Morgan fingerprint density at radius 2 is 1.07 bits per heavy atom. The highest BCUT2D eigenvalue weighted by atomic mass is 16.4. The summed E-state index contributed by atoms with van der Waals surface area (Å²) in [5.74, 6) is -3.48. The Kier molecular flexibility index (Phi) is 6.10. The van der Waals surface area contributed by atoms with Gasteiger partial charge in [0.2, 0.25) is 0 Å². The number of carboxylic acid groups (broad SMARTS) is 2. The van der Waals surface area contributed by atoms with Crippen molar-refractivity contribution in [3.05, 3.63) is 108 Å². The van der Waals surface area contributed by atoms with Crippen LogP contribution in [0.4, 0.5) is 0 Å². The Hall–Kier alpha value is -3.44. The van der Waals surface area contributed by atoms with E-state index in [0.717, 1.165) is 16.7 Å². The molecule has 0 aliphatic rings. The molecule has 0 spiro atoms. The van der Waals surface area contributed by atoms with E-state index in [2.05, 4.69) is 0 Å². The number of hydrogen-bond donors (Lipinski definition) is 3. The molecule has 0 aromatic heterocycles. The molecule has 0 aliphatic carbocycles. The van der Waals surface area contributed by atoms with Gasteiger partial charge in [-0.25, -0.2) is 0 Å². The molecule has 2 atom stereocenters. The van der Waals surface area contributed by atoms with Crippen molar-refractivity contribution in [2.45, 2.75) is 17.9 Å². The quantitative estimate of drug-likeness (QED) is 0.512. The van der Waals surface area contributed by atoms with Crippen LogP contribution in [0.3, 0.4) is 0 Å². The second kappa shape index (κ2) is 8.71. The summed E-state index contributed by atoms with van der Waals surface area (Å²) in [5.41, 5.74) is 7.32. The summed E-state index contributed by atoms with van der Waals surface area (Å²) in [4.78, 5) is 24.0. The molecule has 0 fully saturated rings. The maximum Gasteiger partial charge on any atom is 0.309 e. The van der Waals surface area contributed by atoms with E-state index < -0.39 is 35.7 Å². The number of carbonyl (C=O) groups is 2. The lowest BCUT2D eigenvalue weighted by Gasteiger charge is -2.42. The maximum absolute atomic E-state index is 12.6. The molecule has 5 nitrogen and oxygen atoms in total. The molecule has 0 heterocycles. The molecule has 0 bridgehead atoms. The van der Waals surface area contributed by atoms with Gasteiger partial charge < -0.3 is 15.9 Å². The Morgan fingerprint density at radius 1 is 0.724 bits per heavy atom. The monoisotopic (exact) mass is 389 g/mol. The van der Waals surface area contributed by atoms with Crippen LogP contribution in [0.1, 0.15) is 23.1 Å². The fraction of sp³-hybridized carbons (Fsp3) is 0.167. The van der Waals surface area contributed by atoms with Gasteiger partial charge in [0.25, 0.3) is 0 Å². The van der Waals surface area contributed by atoms with Crippen molar-refractivity contribution in [2.24, 2.45) is 11.7 Å². The molecule has 148 valence electrons. The van der Waals surface area contributed by atoms with Gasteiger partial charge in [0.05, 0.1) is 17.8 Å². The van der Waals surface area contributed by atoms with Gasteiger partial charge in [0.1, 0.15) is 0 Å². The van der Waals surface area contributed by atoms with Crippen molar-refractivity contribution < 1.29 is 19.8 Å². The van der Waals surface area contributed by atoms with Crippen LogP contribution in [0.25, 0.3) is 0 Å². The molecule has 3 aromatic rings. The fourth-order valence-electron chi connectivity index (χ4n) is 4.15. The Morgan fingerprint density at radius 3 is 1.34 bits per heavy atom. The maximum atomic E-state index is 12.6. The lowest BCUT2D eigenvalue weighted by molar-refractivity contribution is -0.145. The number of aliphatic carboxylic acids is 2. The standard InChI is InChI=1S/C24H23NO4/c25-20(16-21(26)27)22(23(28)29)24(17-10-4-1-5-11-17,18-12-6-2-7-13-18)19-14-8-3-9-15-19/h1-15,20,22H,16,25H2,(H,26,27)(H,28,29)/t20-,22?/m1/s1. The SMILES string of the molecule is N[C@H](CC(=O)O)C(C(=O)O)C(c1ccccc1)(c1ccccc1)c1ccccc1. The Balaban J connectivity index is 2.41. The van der Waals surface area contributed by atoms with E-state index in [0.29, 0.717) is 0 Å². The van der Waals surface area contributed by atoms with E-state index in [1.165, 1.54) is 0 Å². The van der Waals surface area contributed by atoms with Gasteiger partial charge in [0.15, 0.2) is 0 Å². The zero-order valence-corrected chi connectivity index (χ0v) is 15.8. The van der Waals surface area contributed by atoms with Crippen molar-refractivity contribution >= 4 is 11.9 Å². The third-order valence-electron chi connectivity index (χ3n) is 5.26. The number of nitrogens with two attached hydrogens (primary N) is 1. The van der Waals surface area contributed by atoms with Crippen LogP contribution in [0.15, 0.2) is 91.0 Å². The molecule has 5 heteroatoms. The normalized spacial score (nSPS) is 13.4. The van der Waals surface area contributed by atoms with E-state index in [4.69, 9.17) is 5.73 Å². The largest absolute Gasteiger partial charge is 0.481 e. The summed E-state index contributed by atoms with van der Waals surface area (Å²) in [6.07, 6.45) is -0.453. The van der Waals surface area contributed by atoms with Crippen LogP contribution >= 0.6 is 0 Å². The first-order chi connectivity index (χ1) is 14.0. The van der Waals surface area contributed by atoms with Gasteiger partial charge in [-0.1, -0.05) is 91.0 Å². The highest BCUT2D eigenvalue weighted by molar-refractivity contribution is 5.79. The second-order valence-corrected chi connectivity index (χ2v) is 6.98. The minimum Gasteiger partial charge on any atom is -0.481 e. The average Bonchev–Trinajstić information content (AvgIpc) is 2.73. The molecule has 3 aromatic carbocycles. The molecule has 0 radical (unpaired) electrons. The molecule has 4 N–H and O–H groups in total. The first-order valence-electron chi connectivity index (χ1n) is 9.34. The molecular formula is C24H23NO4. The number of rotatable bonds is 8. The predicted octanol–water partition coefficient (Wildman–Crippen LogP) is 3.52. The predicted molar refractivity (Wildman–Crippen MR) is 111 cm³/mol. The first-order valence-corrected chi connectivity index (χ1v) is 9.34. The zero-order chi connectivity index (χ0) is 20.9. The molecule has 29 heavy (non-hydrogen) atoms. The van der Waals surface area contributed by atoms with Crippen LogP contribution in [0, 0.1) is 5.92 Å². The van der Waals surface area contributed by atoms with Crippen molar-refractivity contribution in [2.75, 3.05) is 0 Å². The van der Waals surface area contributed by atoms with Crippen LogP contribution in [0.5, 0.6) is 0 Å². The third-order valence-corrected chi connectivity index (χ3v) is 5.26. The van der Waals surface area contributed by atoms with Crippen LogP contribution in [-0.2, 0) is 15.0 Å².